The number of carbonyl (C=O) groups is 1. The molecule has 1 atom stereocenters. The summed E-state index contributed by atoms with van der Waals surface area (Å²) in [5, 5.41) is 12.9. The first kappa shape index (κ1) is 20.7. The van der Waals surface area contributed by atoms with Crippen LogP contribution in [0.15, 0.2) is 48.5 Å². The monoisotopic (exact) mass is 392 g/mol. The van der Waals surface area contributed by atoms with Crippen LogP contribution in [0.2, 0.25) is 0 Å². The number of sulfonamides is 1. The van der Waals surface area contributed by atoms with Gasteiger partial charge in [-0.25, -0.2) is 8.42 Å². The Kier molecular flexibility index (Phi) is 6.81. The lowest BCUT2D eigenvalue weighted by molar-refractivity contribution is -0.114. The zero-order valence-corrected chi connectivity index (χ0v) is 16.4. The molecule has 0 aromatic heterocycles. The van der Waals surface area contributed by atoms with Gasteiger partial charge in [0.2, 0.25) is 15.9 Å². The molecule has 27 heavy (non-hydrogen) atoms. The molecule has 0 aliphatic carbocycles. The first-order chi connectivity index (χ1) is 12.6. The molecular weight excluding hydrogens is 368 g/mol. The molecule has 0 heterocycles. The lowest BCUT2D eigenvalue weighted by Gasteiger charge is -2.25. The molecule has 146 valence electrons. The third-order valence-electron chi connectivity index (χ3n) is 3.68. The van der Waals surface area contributed by atoms with Crippen LogP contribution in [-0.4, -0.2) is 44.9 Å². The van der Waals surface area contributed by atoms with Gasteiger partial charge in [0.1, 0.15) is 18.5 Å². The summed E-state index contributed by atoms with van der Waals surface area (Å²) in [6.45, 7) is 3.10. The fourth-order valence-electron chi connectivity index (χ4n) is 2.49. The summed E-state index contributed by atoms with van der Waals surface area (Å²) in [6.07, 6.45) is 0.0826. The van der Waals surface area contributed by atoms with Gasteiger partial charge in [-0.15, -0.1) is 0 Å². The molecule has 8 heteroatoms. The third kappa shape index (κ3) is 6.58. The second-order valence-electron chi connectivity index (χ2n) is 6.30. The van der Waals surface area contributed by atoms with Crippen molar-refractivity contribution in [1.29, 1.82) is 0 Å². The van der Waals surface area contributed by atoms with Crippen LogP contribution >= 0.6 is 0 Å². The smallest absolute Gasteiger partial charge is 0.232 e. The highest BCUT2D eigenvalue weighted by Gasteiger charge is 2.21. The summed E-state index contributed by atoms with van der Waals surface area (Å²) in [6, 6.07) is 13.7. The predicted octanol–water partition coefficient (Wildman–Crippen LogP) is 2.16. The molecule has 1 unspecified atom stereocenters. The average Bonchev–Trinajstić information content (AvgIpc) is 2.57. The van der Waals surface area contributed by atoms with E-state index in [4.69, 9.17) is 4.74 Å². The van der Waals surface area contributed by atoms with E-state index in [0.29, 0.717) is 17.1 Å². The summed E-state index contributed by atoms with van der Waals surface area (Å²) in [5.74, 6) is 0.334. The third-order valence-corrected chi connectivity index (χ3v) is 4.84. The fraction of sp³-hybridized carbons (Fsp3) is 0.316. The van der Waals surface area contributed by atoms with Crippen molar-refractivity contribution >= 4 is 27.3 Å². The summed E-state index contributed by atoms with van der Waals surface area (Å²) in [4.78, 5) is 11.0. The van der Waals surface area contributed by atoms with Crippen LogP contribution in [0.1, 0.15) is 12.5 Å². The number of amides is 1. The standard InChI is InChI=1S/C19H24N2O5S/c1-14-5-4-6-17(11-14)21(27(3,24)25)12-18(23)13-26-19-9-7-16(8-10-19)20-15(2)22/h4-11,18,23H,12-13H2,1-3H3,(H,20,22). The summed E-state index contributed by atoms with van der Waals surface area (Å²) in [5.41, 5.74) is 2.06. The number of hydrogen-bond donors (Lipinski definition) is 2. The van der Waals surface area contributed by atoms with Crippen molar-refractivity contribution in [3.8, 4) is 5.75 Å². The van der Waals surface area contributed by atoms with Crippen LogP contribution in [0.25, 0.3) is 0 Å². The zero-order valence-electron chi connectivity index (χ0n) is 15.5. The largest absolute Gasteiger partial charge is 0.491 e. The maximum atomic E-state index is 12.1. The van der Waals surface area contributed by atoms with E-state index in [1.54, 1.807) is 42.5 Å². The Labute approximate surface area is 159 Å². The van der Waals surface area contributed by atoms with Gasteiger partial charge in [0, 0.05) is 12.6 Å². The van der Waals surface area contributed by atoms with E-state index in [0.717, 1.165) is 16.1 Å². The molecule has 2 aromatic rings. The topological polar surface area (TPSA) is 95.9 Å². The fourth-order valence-corrected chi connectivity index (χ4v) is 3.43. The van der Waals surface area contributed by atoms with E-state index >= 15 is 0 Å². The van der Waals surface area contributed by atoms with E-state index < -0.39 is 16.1 Å². The molecule has 7 nitrogen and oxygen atoms in total. The minimum atomic E-state index is -3.55. The molecule has 0 aliphatic heterocycles. The molecule has 0 saturated carbocycles. The van der Waals surface area contributed by atoms with Gasteiger partial charge in [0.05, 0.1) is 18.5 Å². The van der Waals surface area contributed by atoms with Gasteiger partial charge in [-0.2, -0.15) is 0 Å². The lowest BCUT2D eigenvalue weighted by Crippen LogP contribution is -2.39. The Bertz CT molecular complexity index is 881. The summed E-state index contributed by atoms with van der Waals surface area (Å²) < 4.78 is 30.9. The van der Waals surface area contributed by atoms with Crippen molar-refractivity contribution in [1.82, 2.24) is 0 Å². The van der Waals surface area contributed by atoms with Crippen molar-refractivity contribution in [2.75, 3.05) is 29.0 Å². The van der Waals surface area contributed by atoms with E-state index in [1.165, 1.54) is 6.92 Å². The number of nitrogens with zero attached hydrogens (tertiary/aromatic N) is 1. The molecule has 0 radical (unpaired) electrons. The maximum absolute atomic E-state index is 12.1. The molecule has 2 N–H and O–H groups in total. The van der Waals surface area contributed by atoms with Crippen molar-refractivity contribution in [2.45, 2.75) is 20.0 Å². The number of rotatable bonds is 8. The number of aryl methyl sites for hydroxylation is 1. The minimum Gasteiger partial charge on any atom is -0.491 e. The summed E-state index contributed by atoms with van der Waals surface area (Å²) >= 11 is 0. The minimum absolute atomic E-state index is 0.0721. The van der Waals surface area contributed by atoms with Gasteiger partial charge in [-0.05, 0) is 48.9 Å². The number of aliphatic hydroxyl groups excluding tert-OH is 1. The SMILES string of the molecule is CC(=O)Nc1ccc(OCC(O)CN(c2cccc(C)c2)S(C)(=O)=O)cc1. The Hall–Kier alpha value is -2.58. The molecule has 2 rings (SSSR count). The number of benzene rings is 2. The van der Waals surface area contributed by atoms with Crippen molar-refractivity contribution in [3.63, 3.8) is 0 Å². The van der Waals surface area contributed by atoms with Crippen LogP contribution in [-0.2, 0) is 14.8 Å². The van der Waals surface area contributed by atoms with Gasteiger partial charge in [0.15, 0.2) is 0 Å². The molecule has 0 spiro atoms. The molecule has 0 aliphatic rings. The van der Waals surface area contributed by atoms with Crippen LogP contribution in [0.4, 0.5) is 11.4 Å². The highest BCUT2D eigenvalue weighted by molar-refractivity contribution is 7.92. The van der Waals surface area contributed by atoms with E-state index in [9.17, 15) is 18.3 Å². The zero-order chi connectivity index (χ0) is 20.0. The molecule has 2 aromatic carbocycles. The van der Waals surface area contributed by atoms with Crippen LogP contribution in [0.3, 0.4) is 0 Å². The van der Waals surface area contributed by atoms with E-state index in [2.05, 4.69) is 5.32 Å². The highest BCUT2D eigenvalue weighted by Crippen LogP contribution is 2.20. The maximum Gasteiger partial charge on any atom is 0.232 e. The van der Waals surface area contributed by atoms with Crippen LogP contribution in [0, 0.1) is 6.92 Å². The number of aliphatic hydroxyl groups is 1. The lowest BCUT2D eigenvalue weighted by atomic mass is 10.2. The van der Waals surface area contributed by atoms with Gasteiger partial charge in [-0.1, -0.05) is 12.1 Å². The Balaban J connectivity index is 1.99. The normalized spacial score (nSPS) is 12.3. The summed E-state index contributed by atoms with van der Waals surface area (Å²) in [7, 11) is -3.55. The van der Waals surface area contributed by atoms with Crippen LogP contribution in [0.5, 0.6) is 5.75 Å². The van der Waals surface area contributed by atoms with Gasteiger partial charge >= 0.3 is 0 Å². The first-order valence-corrected chi connectivity index (χ1v) is 10.2. The quantitative estimate of drug-likeness (QED) is 0.718. The molecular formula is C19H24N2O5S. The first-order valence-electron chi connectivity index (χ1n) is 8.38. The highest BCUT2D eigenvalue weighted by atomic mass is 32.2. The van der Waals surface area contributed by atoms with Crippen molar-refractivity contribution in [2.24, 2.45) is 0 Å². The number of ether oxygens (including phenoxy) is 1. The molecule has 0 bridgehead atoms. The number of anilines is 2. The van der Waals surface area contributed by atoms with Crippen LogP contribution < -0.4 is 14.4 Å². The Morgan fingerprint density at radius 2 is 1.89 bits per heavy atom. The number of hydrogen-bond acceptors (Lipinski definition) is 5. The van der Waals surface area contributed by atoms with Gasteiger partial charge in [0.25, 0.3) is 0 Å². The Morgan fingerprint density at radius 1 is 1.22 bits per heavy atom. The predicted molar refractivity (Wildman–Crippen MR) is 106 cm³/mol. The molecule has 0 saturated heterocycles. The second kappa shape index (κ2) is 8.88. The van der Waals surface area contributed by atoms with Crippen molar-refractivity contribution in [3.05, 3.63) is 54.1 Å². The van der Waals surface area contributed by atoms with E-state index in [-0.39, 0.29) is 19.1 Å². The molecule has 1 amide bonds. The number of nitrogens with one attached hydrogen (secondary N) is 1. The van der Waals surface area contributed by atoms with Gasteiger partial charge < -0.3 is 15.2 Å². The van der Waals surface area contributed by atoms with Crippen molar-refractivity contribution < 1.29 is 23.1 Å². The Morgan fingerprint density at radius 3 is 2.44 bits per heavy atom. The number of carbonyl (C=O) groups excluding carboxylic acids is 1. The average molecular weight is 392 g/mol. The molecule has 0 fully saturated rings. The van der Waals surface area contributed by atoms with E-state index in [1.807, 2.05) is 13.0 Å². The second-order valence-corrected chi connectivity index (χ2v) is 8.21. The van der Waals surface area contributed by atoms with Gasteiger partial charge in [-0.3, -0.25) is 9.10 Å².